The highest BCUT2D eigenvalue weighted by Crippen LogP contribution is 2.32. The molecule has 0 saturated carbocycles. The van der Waals surface area contributed by atoms with E-state index < -0.39 is 0 Å². The number of rotatable bonds is 2. The van der Waals surface area contributed by atoms with Gasteiger partial charge in [-0.3, -0.25) is 4.90 Å². The maximum absolute atomic E-state index is 2.72. The standard InChI is InChI=1S/C14H22N2S/c1-11(2)14-9-15-6-3-4-12(15)8-16(14)13-5-7-17-10-13/h5,7,10-12,14H,3-4,6,8-9H2,1-2H3. The Labute approximate surface area is 108 Å². The maximum Gasteiger partial charge on any atom is 0.0478 e. The molecule has 2 nitrogen and oxygen atoms in total. The van der Waals surface area contributed by atoms with Gasteiger partial charge in [-0.1, -0.05) is 13.8 Å². The van der Waals surface area contributed by atoms with Gasteiger partial charge in [0.2, 0.25) is 0 Å². The Morgan fingerprint density at radius 3 is 2.94 bits per heavy atom. The molecule has 1 aromatic rings. The van der Waals surface area contributed by atoms with Gasteiger partial charge >= 0.3 is 0 Å². The van der Waals surface area contributed by atoms with E-state index in [9.17, 15) is 0 Å². The molecule has 2 atom stereocenters. The van der Waals surface area contributed by atoms with E-state index >= 15 is 0 Å². The minimum Gasteiger partial charge on any atom is -0.365 e. The fourth-order valence-electron chi connectivity index (χ4n) is 3.33. The summed E-state index contributed by atoms with van der Waals surface area (Å²) in [6.45, 7) is 8.55. The van der Waals surface area contributed by atoms with Crippen LogP contribution in [0.15, 0.2) is 16.8 Å². The number of hydrogen-bond donors (Lipinski definition) is 0. The molecule has 0 bridgehead atoms. The number of anilines is 1. The molecule has 2 aliphatic heterocycles. The molecule has 1 aromatic heterocycles. The van der Waals surface area contributed by atoms with Gasteiger partial charge in [0.05, 0.1) is 0 Å². The minimum absolute atomic E-state index is 0.693. The molecule has 0 aliphatic carbocycles. The molecule has 17 heavy (non-hydrogen) atoms. The smallest absolute Gasteiger partial charge is 0.0478 e. The molecule has 0 N–H and O–H groups in total. The number of hydrogen-bond acceptors (Lipinski definition) is 3. The van der Waals surface area contributed by atoms with Crippen molar-refractivity contribution < 1.29 is 0 Å². The Kier molecular flexibility index (Phi) is 3.14. The molecule has 3 heterocycles. The van der Waals surface area contributed by atoms with Crippen molar-refractivity contribution >= 4 is 17.0 Å². The van der Waals surface area contributed by atoms with E-state index in [1.54, 1.807) is 0 Å². The molecule has 2 unspecified atom stereocenters. The fourth-order valence-corrected chi connectivity index (χ4v) is 3.98. The molecule has 0 radical (unpaired) electrons. The van der Waals surface area contributed by atoms with E-state index in [1.165, 1.54) is 38.2 Å². The van der Waals surface area contributed by atoms with Crippen LogP contribution in [0.5, 0.6) is 0 Å². The van der Waals surface area contributed by atoms with Crippen LogP contribution < -0.4 is 4.90 Å². The normalized spacial score (nSPS) is 29.9. The lowest BCUT2D eigenvalue weighted by molar-refractivity contribution is 0.176. The quantitative estimate of drug-likeness (QED) is 0.796. The Balaban J connectivity index is 1.84. The van der Waals surface area contributed by atoms with Crippen molar-refractivity contribution in [2.45, 2.75) is 38.8 Å². The topological polar surface area (TPSA) is 6.48 Å². The Bertz CT molecular complexity index is 360. The number of nitrogens with zero attached hydrogens (tertiary/aromatic N) is 2. The number of piperazine rings is 1. The summed E-state index contributed by atoms with van der Waals surface area (Å²) in [7, 11) is 0. The van der Waals surface area contributed by atoms with Gasteiger partial charge in [0.25, 0.3) is 0 Å². The van der Waals surface area contributed by atoms with Crippen LogP contribution in [0, 0.1) is 5.92 Å². The first-order chi connectivity index (χ1) is 8.25. The lowest BCUT2D eigenvalue weighted by atomic mass is 9.97. The van der Waals surface area contributed by atoms with E-state index in [-0.39, 0.29) is 0 Å². The third-order valence-corrected chi connectivity index (χ3v) is 5.01. The predicted octanol–water partition coefficient (Wildman–Crippen LogP) is 3.06. The molecule has 2 aliphatic rings. The van der Waals surface area contributed by atoms with E-state index in [0.717, 1.165) is 12.0 Å². The lowest BCUT2D eigenvalue weighted by Crippen LogP contribution is -2.58. The van der Waals surface area contributed by atoms with Crippen LogP contribution in [-0.4, -0.2) is 36.6 Å². The van der Waals surface area contributed by atoms with Crippen molar-refractivity contribution in [3.8, 4) is 0 Å². The summed E-state index contributed by atoms with van der Waals surface area (Å²) in [5, 5.41) is 4.51. The number of fused-ring (bicyclic) bond motifs is 1. The highest BCUT2D eigenvalue weighted by Gasteiger charge is 2.37. The highest BCUT2D eigenvalue weighted by atomic mass is 32.1. The molecule has 0 amide bonds. The second kappa shape index (κ2) is 4.62. The summed E-state index contributed by atoms with van der Waals surface area (Å²) in [4.78, 5) is 5.38. The zero-order chi connectivity index (χ0) is 11.8. The summed E-state index contributed by atoms with van der Waals surface area (Å²) in [5.74, 6) is 0.733. The minimum atomic E-state index is 0.693. The molecule has 0 spiro atoms. The van der Waals surface area contributed by atoms with Gasteiger partial charge in [0, 0.05) is 36.2 Å². The molecule has 2 saturated heterocycles. The Morgan fingerprint density at radius 1 is 1.35 bits per heavy atom. The zero-order valence-electron chi connectivity index (χ0n) is 10.8. The Hall–Kier alpha value is -0.540. The molecular weight excluding hydrogens is 228 g/mol. The second-order valence-electron chi connectivity index (χ2n) is 5.74. The van der Waals surface area contributed by atoms with Crippen LogP contribution in [0.1, 0.15) is 26.7 Å². The molecule has 3 rings (SSSR count). The van der Waals surface area contributed by atoms with E-state index in [1.807, 2.05) is 11.3 Å². The van der Waals surface area contributed by atoms with Crippen molar-refractivity contribution in [2.75, 3.05) is 24.5 Å². The second-order valence-corrected chi connectivity index (χ2v) is 6.52. The van der Waals surface area contributed by atoms with Crippen molar-refractivity contribution in [1.82, 2.24) is 4.90 Å². The SMILES string of the molecule is CC(C)C1CN2CCCC2CN1c1ccsc1. The van der Waals surface area contributed by atoms with Gasteiger partial charge in [-0.25, -0.2) is 0 Å². The predicted molar refractivity (Wildman–Crippen MR) is 74.9 cm³/mol. The summed E-state index contributed by atoms with van der Waals surface area (Å²) in [6.07, 6.45) is 2.79. The molecule has 94 valence electrons. The van der Waals surface area contributed by atoms with Crippen molar-refractivity contribution in [1.29, 1.82) is 0 Å². The summed E-state index contributed by atoms with van der Waals surface area (Å²) >= 11 is 1.82. The monoisotopic (exact) mass is 250 g/mol. The fraction of sp³-hybridized carbons (Fsp3) is 0.714. The van der Waals surface area contributed by atoms with Crippen LogP contribution in [0.25, 0.3) is 0 Å². The average molecular weight is 250 g/mol. The first-order valence-corrected chi connectivity index (χ1v) is 7.73. The highest BCUT2D eigenvalue weighted by molar-refractivity contribution is 7.08. The van der Waals surface area contributed by atoms with Gasteiger partial charge in [-0.05, 0) is 36.8 Å². The maximum atomic E-state index is 2.72. The zero-order valence-corrected chi connectivity index (χ0v) is 11.6. The van der Waals surface area contributed by atoms with Crippen LogP contribution in [0.4, 0.5) is 5.69 Å². The first-order valence-electron chi connectivity index (χ1n) is 6.78. The van der Waals surface area contributed by atoms with E-state index in [0.29, 0.717) is 6.04 Å². The molecular formula is C14H22N2S. The summed E-state index contributed by atoms with van der Waals surface area (Å²) in [6, 6.07) is 3.79. The largest absolute Gasteiger partial charge is 0.365 e. The van der Waals surface area contributed by atoms with Gasteiger partial charge in [0.15, 0.2) is 0 Å². The van der Waals surface area contributed by atoms with Gasteiger partial charge < -0.3 is 4.90 Å². The number of thiophene rings is 1. The molecule has 2 fully saturated rings. The molecule has 3 heteroatoms. The van der Waals surface area contributed by atoms with Crippen LogP contribution in [0.2, 0.25) is 0 Å². The summed E-state index contributed by atoms with van der Waals surface area (Å²) in [5.41, 5.74) is 1.44. The first kappa shape index (κ1) is 11.5. The van der Waals surface area contributed by atoms with E-state index in [4.69, 9.17) is 0 Å². The van der Waals surface area contributed by atoms with Gasteiger partial charge in [-0.15, -0.1) is 0 Å². The average Bonchev–Trinajstić information content (AvgIpc) is 2.98. The van der Waals surface area contributed by atoms with E-state index in [2.05, 4.69) is 40.5 Å². The Morgan fingerprint density at radius 2 is 2.24 bits per heavy atom. The van der Waals surface area contributed by atoms with Gasteiger partial charge in [0.1, 0.15) is 0 Å². The van der Waals surface area contributed by atoms with Crippen LogP contribution in [0.3, 0.4) is 0 Å². The molecule has 0 aromatic carbocycles. The summed E-state index contributed by atoms with van der Waals surface area (Å²) < 4.78 is 0. The lowest BCUT2D eigenvalue weighted by Gasteiger charge is -2.46. The van der Waals surface area contributed by atoms with Crippen molar-refractivity contribution in [3.63, 3.8) is 0 Å². The van der Waals surface area contributed by atoms with Crippen molar-refractivity contribution in [2.24, 2.45) is 5.92 Å². The third kappa shape index (κ3) is 2.11. The van der Waals surface area contributed by atoms with Crippen LogP contribution in [-0.2, 0) is 0 Å². The third-order valence-electron chi connectivity index (χ3n) is 4.34. The van der Waals surface area contributed by atoms with Gasteiger partial charge in [-0.2, -0.15) is 11.3 Å². The van der Waals surface area contributed by atoms with Crippen molar-refractivity contribution in [3.05, 3.63) is 16.8 Å². The van der Waals surface area contributed by atoms with Crippen LogP contribution >= 0.6 is 11.3 Å².